The van der Waals surface area contributed by atoms with Gasteiger partial charge in [-0.3, -0.25) is 9.59 Å². The smallest absolute Gasteiger partial charge is 0.252 e. The molecule has 1 aromatic rings. The van der Waals surface area contributed by atoms with Gasteiger partial charge < -0.3 is 10.2 Å². The van der Waals surface area contributed by atoms with Gasteiger partial charge in [0.2, 0.25) is 5.91 Å². The highest BCUT2D eigenvalue weighted by Crippen LogP contribution is 2.32. The summed E-state index contributed by atoms with van der Waals surface area (Å²) >= 11 is 0. The van der Waals surface area contributed by atoms with E-state index in [-0.39, 0.29) is 11.8 Å². The van der Waals surface area contributed by atoms with Crippen LogP contribution in [0.3, 0.4) is 0 Å². The molecule has 3 rings (SSSR count). The predicted molar refractivity (Wildman–Crippen MR) is 96.2 cm³/mol. The summed E-state index contributed by atoms with van der Waals surface area (Å²) in [6.07, 6.45) is 7.29. The number of carbonyl (C=O) groups is 2. The molecule has 1 saturated carbocycles. The number of nitrogens with zero attached hydrogens (tertiary/aromatic N) is 2. The van der Waals surface area contributed by atoms with Crippen LogP contribution in [-0.4, -0.2) is 23.9 Å². The summed E-state index contributed by atoms with van der Waals surface area (Å²) in [6.45, 7) is 4.19. The number of hydrogen-bond acceptors (Lipinski definition) is 3. The van der Waals surface area contributed by atoms with Crippen molar-refractivity contribution in [3.05, 3.63) is 42.0 Å². The van der Waals surface area contributed by atoms with E-state index in [0.717, 1.165) is 43.4 Å². The number of rotatable bonds is 3. The van der Waals surface area contributed by atoms with E-state index in [1.54, 1.807) is 17.0 Å². The van der Waals surface area contributed by atoms with Gasteiger partial charge in [0.15, 0.2) is 0 Å². The molecule has 5 heteroatoms. The molecule has 0 radical (unpaired) electrons. The second-order valence-corrected chi connectivity index (χ2v) is 6.81. The Labute approximate surface area is 148 Å². The summed E-state index contributed by atoms with van der Waals surface area (Å²) in [5.74, 6) is -0.368. The quantitative estimate of drug-likeness (QED) is 0.861. The molecule has 0 spiro atoms. The highest BCUT2D eigenvalue weighted by Gasteiger charge is 2.35. The molecule has 1 fully saturated rings. The molecule has 2 aliphatic rings. The van der Waals surface area contributed by atoms with E-state index in [4.69, 9.17) is 0 Å². The first-order chi connectivity index (χ1) is 12.1. The van der Waals surface area contributed by atoms with Gasteiger partial charge in [-0.25, -0.2) is 0 Å². The van der Waals surface area contributed by atoms with Gasteiger partial charge in [0.05, 0.1) is 6.07 Å². The van der Waals surface area contributed by atoms with Gasteiger partial charge in [0.1, 0.15) is 5.54 Å². The van der Waals surface area contributed by atoms with Gasteiger partial charge in [0.25, 0.3) is 5.91 Å². The predicted octanol–water partition coefficient (Wildman–Crippen LogP) is 3.11. The minimum Gasteiger partial charge on any atom is -0.334 e. The van der Waals surface area contributed by atoms with Crippen LogP contribution in [-0.2, 0) is 11.2 Å². The lowest BCUT2D eigenvalue weighted by Crippen LogP contribution is -2.49. The molecule has 1 aromatic carbocycles. The lowest BCUT2D eigenvalue weighted by Gasteiger charge is -2.33. The SMILES string of the molecule is C=CC(=O)N1CCCc2c(C(=O)NC3(C#N)CCCCC3)cccc21. The largest absolute Gasteiger partial charge is 0.334 e. The van der Waals surface area contributed by atoms with Crippen LogP contribution < -0.4 is 10.2 Å². The third-order valence-corrected chi connectivity index (χ3v) is 5.21. The highest BCUT2D eigenvalue weighted by atomic mass is 16.2. The number of benzene rings is 1. The molecule has 1 heterocycles. The molecule has 0 bridgehead atoms. The van der Waals surface area contributed by atoms with Crippen molar-refractivity contribution in [1.82, 2.24) is 5.32 Å². The maximum atomic E-state index is 12.9. The fraction of sp³-hybridized carbons (Fsp3) is 0.450. The van der Waals surface area contributed by atoms with Crippen LogP contribution in [0.25, 0.3) is 0 Å². The van der Waals surface area contributed by atoms with Crippen molar-refractivity contribution >= 4 is 17.5 Å². The van der Waals surface area contributed by atoms with Gasteiger partial charge in [-0.15, -0.1) is 0 Å². The third kappa shape index (κ3) is 3.30. The van der Waals surface area contributed by atoms with Crippen molar-refractivity contribution in [2.24, 2.45) is 0 Å². The van der Waals surface area contributed by atoms with Crippen LogP contribution in [0.1, 0.15) is 54.4 Å². The molecule has 0 saturated heterocycles. The molecule has 2 amide bonds. The molecule has 0 aromatic heterocycles. The molecule has 1 aliphatic heterocycles. The van der Waals surface area contributed by atoms with Crippen LogP contribution in [0.2, 0.25) is 0 Å². The minimum atomic E-state index is -0.761. The zero-order chi connectivity index (χ0) is 17.9. The zero-order valence-electron chi connectivity index (χ0n) is 14.4. The second-order valence-electron chi connectivity index (χ2n) is 6.81. The van der Waals surface area contributed by atoms with E-state index in [9.17, 15) is 14.9 Å². The van der Waals surface area contributed by atoms with E-state index in [0.29, 0.717) is 24.9 Å². The monoisotopic (exact) mass is 337 g/mol. The second kappa shape index (κ2) is 7.10. The van der Waals surface area contributed by atoms with E-state index in [1.165, 1.54) is 6.08 Å². The maximum absolute atomic E-state index is 12.9. The Morgan fingerprint density at radius 3 is 2.68 bits per heavy atom. The Morgan fingerprint density at radius 2 is 2.00 bits per heavy atom. The molecule has 130 valence electrons. The standard InChI is InChI=1S/C20H23N3O2/c1-2-18(24)23-13-7-9-15-16(8-6-10-17(15)23)19(25)22-20(14-21)11-4-3-5-12-20/h2,6,8,10H,1,3-5,7,9,11-13H2,(H,22,25). The first-order valence-corrected chi connectivity index (χ1v) is 8.90. The van der Waals surface area contributed by atoms with Crippen molar-refractivity contribution < 1.29 is 9.59 Å². The first kappa shape index (κ1) is 17.2. The highest BCUT2D eigenvalue weighted by molar-refractivity contribution is 6.04. The topological polar surface area (TPSA) is 73.2 Å². The van der Waals surface area contributed by atoms with Crippen molar-refractivity contribution in [3.63, 3.8) is 0 Å². The van der Waals surface area contributed by atoms with Crippen molar-refractivity contribution in [1.29, 1.82) is 5.26 Å². The summed E-state index contributed by atoms with van der Waals surface area (Å²) in [7, 11) is 0. The Balaban J connectivity index is 1.90. The molecule has 0 atom stereocenters. The Hall–Kier alpha value is -2.61. The summed E-state index contributed by atoms with van der Waals surface area (Å²) < 4.78 is 0. The average Bonchev–Trinajstić information content (AvgIpc) is 2.67. The lowest BCUT2D eigenvalue weighted by atomic mass is 9.82. The third-order valence-electron chi connectivity index (χ3n) is 5.21. The Bertz CT molecular complexity index is 742. The molecular weight excluding hydrogens is 314 g/mol. The summed E-state index contributed by atoms with van der Waals surface area (Å²) in [5, 5.41) is 12.6. The van der Waals surface area contributed by atoms with Crippen LogP contribution in [0.4, 0.5) is 5.69 Å². The zero-order valence-corrected chi connectivity index (χ0v) is 14.4. The summed E-state index contributed by atoms with van der Waals surface area (Å²) in [4.78, 5) is 26.7. The van der Waals surface area contributed by atoms with E-state index < -0.39 is 5.54 Å². The van der Waals surface area contributed by atoms with Gasteiger partial charge in [-0.1, -0.05) is 31.9 Å². The van der Waals surface area contributed by atoms with Crippen LogP contribution in [0, 0.1) is 11.3 Å². The van der Waals surface area contributed by atoms with Crippen LogP contribution in [0.15, 0.2) is 30.9 Å². The molecular formula is C20H23N3O2. The molecule has 1 aliphatic carbocycles. The normalized spacial score (nSPS) is 18.6. The summed E-state index contributed by atoms with van der Waals surface area (Å²) in [5.41, 5.74) is 1.46. The number of nitriles is 1. The fourth-order valence-corrected chi connectivity index (χ4v) is 3.88. The number of amides is 2. The molecule has 0 unspecified atom stereocenters. The van der Waals surface area contributed by atoms with E-state index in [1.807, 2.05) is 6.07 Å². The van der Waals surface area contributed by atoms with Crippen LogP contribution in [0.5, 0.6) is 0 Å². The van der Waals surface area contributed by atoms with E-state index >= 15 is 0 Å². The lowest BCUT2D eigenvalue weighted by molar-refractivity contribution is -0.114. The number of nitrogens with one attached hydrogen (secondary N) is 1. The summed E-state index contributed by atoms with van der Waals surface area (Å²) in [6, 6.07) is 7.77. The Morgan fingerprint density at radius 1 is 1.24 bits per heavy atom. The van der Waals surface area contributed by atoms with Gasteiger partial charge >= 0.3 is 0 Å². The number of hydrogen-bond donors (Lipinski definition) is 1. The van der Waals surface area contributed by atoms with E-state index in [2.05, 4.69) is 18.0 Å². The van der Waals surface area contributed by atoms with Gasteiger partial charge in [0, 0.05) is 17.8 Å². The Kier molecular flexibility index (Phi) is 4.89. The number of anilines is 1. The van der Waals surface area contributed by atoms with Crippen LogP contribution >= 0.6 is 0 Å². The first-order valence-electron chi connectivity index (χ1n) is 8.90. The van der Waals surface area contributed by atoms with Crippen molar-refractivity contribution in [2.45, 2.75) is 50.5 Å². The number of fused-ring (bicyclic) bond motifs is 1. The number of carbonyl (C=O) groups excluding carboxylic acids is 2. The van der Waals surface area contributed by atoms with Gasteiger partial charge in [-0.2, -0.15) is 5.26 Å². The van der Waals surface area contributed by atoms with Gasteiger partial charge in [-0.05, 0) is 49.5 Å². The van der Waals surface area contributed by atoms with Crippen molar-refractivity contribution in [3.8, 4) is 6.07 Å². The molecule has 5 nitrogen and oxygen atoms in total. The molecule has 1 N–H and O–H groups in total. The average molecular weight is 337 g/mol. The molecule has 25 heavy (non-hydrogen) atoms. The minimum absolute atomic E-state index is 0.153. The maximum Gasteiger partial charge on any atom is 0.252 e. The fourth-order valence-electron chi connectivity index (χ4n) is 3.88. The van der Waals surface area contributed by atoms with Crippen molar-refractivity contribution in [2.75, 3.05) is 11.4 Å².